The minimum Gasteiger partial charge on any atom is -0.481 e. The van der Waals surface area contributed by atoms with Gasteiger partial charge in [-0.15, -0.1) is 0 Å². The van der Waals surface area contributed by atoms with E-state index in [0.29, 0.717) is 18.8 Å². The van der Waals surface area contributed by atoms with Crippen LogP contribution in [0.5, 0.6) is 5.75 Å². The van der Waals surface area contributed by atoms with Crippen molar-refractivity contribution in [3.05, 3.63) is 59.2 Å². The fraction of sp³-hybridized carbons (Fsp3) is 0.409. The smallest absolute Gasteiger partial charge is 0.263 e. The number of carbonyl (C=O) groups excluding carboxylic acids is 1. The Labute approximate surface area is 173 Å². The second kappa shape index (κ2) is 8.55. The molecule has 0 bridgehead atoms. The first-order valence-corrected chi connectivity index (χ1v) is 11.2. The van der Waals surface area contributed by atoms with Gasteiger partial charge in [0.25, 0.3) is 5.91 Å². The maximum atomic E-state index is 12.8. The summed E-state index contributed by atoms with van der Waals surface area (Å²) >= 11 is 0. The van der Waals surface area contributed by atoms with E-state index in [1.54, 1.807) is 36.1 Å². The van der Waals surface area contributed by atoms with Gasteiger partial charge in [0.1, 0.15) is 5.75 Å². The molecule has 3 rings (SSSR count). The summed E-state index contributed by atoms with van der Waals surface area (Å²) in [6, 6.07) is 12.7. The lowest BCUT2D eigenvalue weighted by Gasteiger charge is -2.35. The molecule has 1 saturated heterocycles. The van der Waals surface area contributed by atoms with Gasteiger partial charge in [-0.25, -0.2) is 8.42 Å². The molecule has 1 atom stereocenters. The molecule has 0 aliphatic carbocycles. The zero-order valence-corrected chi connectivity index (χ0v) is 18.2. The summed E-state index contributed by atoms with van der Waals surface area (Å²) in [5, 5.41) is 0. The summed E-state index contributed by atoms with van der Waals surface area (Å²) in [7, 11) is -3.54. The van der Waals surface area contributed by atoms with Gasteiger partial charge in [0.2, 0.25) is 10.0 Å². The normalized spacial score (nSPS) is 16.5. The van der Waals surface area contributed by atoms with E-state index in [1.807, 2.05) is 39.0 Å². The van der Waals surface area contributed by atoms with Gasteiger partial charge in [-0.1, -0.05) is 29.8 Å². The highest BCUT2D eigenvalue weighted by molar-refractivity contribution is 7.89. The number of aryl methyl sites for hydroxylation is 3. The van der Waals surface area contributed by atoms with Crippen molar-refractivity contribution in [1.29, 1.82) is 0 Å². The topological polar surface area (TPSA) is 66.9 Å². The Morgan fingerprint density at radius 2 is 1.52 bits per heavy atom. The lowest BCUT2D eigenvalue weighted by Crippen LogP contribution is -2.53. The summed E-state index contributed by atoms with van der Waals surface area (Å²) in [4.78, 5) is 14.8. The number of piperazine rings is 1. The van der Waals surface area contributed by atoms with Crippen LogP contribution in [0.25, 0.3) is 0 Å². The molecule has 2 aromatic rings. The van der Waals surface area contributed by atoms with Crippen molar-refractivity contribution in [2.75, 3.05) is 26.2 Å². The molecular formula is C22H28N2O4S. The molecule has 0 radical (unpaired) electrons. The van der Waals surface area contributed by atoms with E-state index in [1.165, 1.54) is 4.31 Å². The number of carbonyl (C=O) groups is 1. The number of hydrogen-bond acceptors (Lipinski definition) is 4. The third-order valence-electron chi connectivity index (χ3n) is 5.20. The Morgan fingerprint density at radius 1 is 0.931 bits per heavy atom. The number of hydrogen-bond donors (Lipinski definition) is 0. The van der Waals surface area contributed by atoms with Gasteiger partial charge in [0, 0.05) is 26.2 Å². The number of sulfonamides is 1. The third kappa shape index (κ3) is 4.79. The number of ether oxygens (including phenoxy) is 1. The van der Waals surface area contributed by atoms with Crippen molar-refractivity contribution >= 4 is 15.9 Å². The predicted molar refractivity (Wildman–Crippen MR) is 113 cm³/mol. The van der Waals surface area contributed by atoms with Gasteiger partial charge in [-0.05, 0) is 57.0 Å². The second-order valence-corrected chi connectivity index (χ2v) is 9.51. The van der Waals surface area contributed by atoms with E-state index in [-0.39, 0.29) is 23.9 Å². The Balaban J connectivity index is 1.61. The molecule has 0 unspecified atom stereocenters. The van der Waals surface area contributed by atoms with Crippen LogP contribution >= 0.6 is 0 Å². The molecule has 0 saturated carbocycles. The molecule has 1 heterocycles. The molecule has 0 spiro atoms. The van der Waals surface area contributed by atoms with Crippen LogP contribution in [-0.4, -0.2) is 55.8 Å². The largest absolute Gasteiger partial charge is 0.481 e. The molecule has 1 fully saturated rings. The van der Waals surface area contributed by atoms with E-state index < -0.39 is 16.1 Å². The summed E-state index contributed by atoms with van der Waals surface area (Å²) in [6.45, 7) is 8.83. The van der Waals surface area contributed by atoms with Crippen LogP contribution in [0.15, 0.2) is 47.4 Å². The third-order valence-corrected chi connectivity index (χ3v) is 7.12. The SMILES string of the molecule is Cc1ccc(S(=O)(=O)N2CCN(C(=O)[C@@H](C)Oc3cc(C)ccc3C)CC2)cc1. The number of amides is 1. The van der Waals surface area contributed by atoms with Crippen LogP contribution in [0.1, 0.15) is 23.6 Å². The second-order valence-electron chi connectivity index (χ2n) is 7.57. The van der Waals surface area contributed by atoms with Crippen molar-refractivity contribution in [3.63, 3.8) is 0 Å². The van der Waals surface area contributed by atoms with Gasteiger partial charge in [-0.2, -0.15) is 4.31 Å². The molecule has 29 heavy (non-hydrogen) atoms. The van der Waals surface area contributed by atoms with Crippen LogP contribution in [0, 0.1) is 20.8 Å². The summed E-state index contributed by atoms with van der Waals surface area (Å²) in [5.41, 5.74) is 3.06. The van der Waals surface area contributed by atoms with Crippen molar-refractivity contribution in [1.82, 2.24) is 9.21 Å². The molecule has 7 heteroatoms. The monoisotopic (exact) mass is 416 g/mol. The van der Waals surface area contributed by atoms with Gasteiger partial charge in [0.05, 0.1) is 4.90 Å². The van der Waals surface area contributed by atoms with Crippen molar-refractivity contribution < 1.29 is 17.9 Å². The number of rotatable bonds is 5. The molecular weight excluding hydrogens is 388 g/mol. The highest BCUT2D eigenvalue weighted by atomic mass is 32.2. The average molecular weight is 417 g/mol. The average Bonchev–Trinajstić information content (AvgIpc) is 2.70. The van der Waals surface area contributed by atoms with Gasteiger partial charge < -0.3 is 9.64 Å². The molecule has 1 aliphatic rings. The van der Waals surface area contributed by atoms with Crippen LogP contribution in [0.4, 0.5) is 0 Å². The van der Waals surface area contributed by atoms with Crippen LogP contribution in [-0.2, 0) is 14.8 Å². The fourth-order valence-electron chi connectivity index (χ4n) is 3.34. The quantitative estimate of drug-likeness (QED) is 0.752. The summed E-state index contributed by atoms with van der Waals surface area (Å²) < 4.78 is 33.0. The molecule has 1 amide bonds. The standard InChI is InChI=1S/C22H28N2O4S/c1-16-6-9-20(10-7-16)29(26,27)24-13-11-23(12-14-24)22(25)19(4)28-21-15-17(2)5-8-18(21)3/h5-10,15,19H,11-14H2,1-4H3/t19-/m1/s1. The zero-order chi connectivity index (χ0) is 21.2. The number of nitrogens with zero attached hydrogens (tertiary/aromatic N) is 2. The van der Waals surface area contributed by atoms with E-state index in [0.717, 1.165) is 16.7 Å². The zero-order valence-electron chi connectivity index (χ0n) is 17.4. The highest BCUT2D eigenvalue weighted by Crippen LogP contribution is 2.22. The molecule has 0 N–H and O–H groups in total. The lowest BCUT2D eigenvalue weighted by molar-refractivity contribution is -0.139. The van der Waals surface area contributed by atoms with Crippen molar-refractivity contribution in [3.8, 4) is 5.75 Å². The molecule has 6 nitrogen and oxygen atoms in total. The molecule has 156 valence electrons. The van der Waals surface area contributed by atoms with E-state index in [9.17, 15) is 13.2 Å². The maximum Gasteiger partial charge on any atom is 0.263 e. The Bertz CT molecular complexity index is 978. The number of benzene rings is 2. The first-order valence-electron chi connectivity index (χ1n) is 9.78. The van der Waals surface area contributed by atoms with Crippen molar-refractivity contribution in [2.45, 2.75) is 38.7 Å². The maximum absolute atomic E-state index is 12.8. The van der Waals surface area contributed by atoms with E-state index in [2.05, 4.69) is 0 Å². The summed E-state index contributed by atoms with van der Waals surface area (Å²) in [5.74, 6) is 0.574. The first-order chi connectivity index (χ1) is 13.7. The van der Waals surface area contributed by atoms with Crippen LogP contribution < -0.4 is 4.74 Å². The lowest BCUT2D eigenvalue weighted by atomic mass is 10.1. The Kier molecular flexibility index (Phi) is 6.29. The van der Waals surface area contributed by atoms with E-state index >= 15 is 0 Å². The Morgan fingerprint density at radius 3 is 2.14 bits per heavy atom. The van der Waals surface area contributed by atoms with Crippen LogP contribution in [0.2, 0.25) is 0 Å². The predicted octanol–water partition coefficient (Wildman–Crippen LogP) is 2.91. The minimum absolute atomic E-state index is 0.127. The Hall–Kier alpha value is -2.38. The molecule has 0 aromatic heterocycles. The molecule has 2 aromatic carbocycles. The van der Waals surface area contributed by atoms with Gasteiger partial charge in [0.15, 0.2) is 6.10 Å². The first kappa shape index (κ1) is 21.3. The van der Waals surface area contributed by atoms with Crippen LogP contribution in [0.3, 0.4) is 0 Å². The van der Waals surface area contributed by atoms with Crippen molar-refractivity contribution in [2.24, 2.45) is 0 Å². The van der Waals surface area contributed by atoms with Gasteiger partial charge in [-0.3, -0.25) is 4.79 Å². The van der Waals surface area contributed by atoms with E-state index in [4.69, 9.17) is 4.74 Å². The highest BCUT2D eigenvalue weighted by Gasteiger charge is 2.32. The minimum atomic E-state index is -3.54. The summed E-state index contributed by atoms with van der Waals surface area (Å²) in [6.07, 6.45) is -0.629. The van der Waals surface area contributed by atoms with Gasteiger partial charge >= 0.3 is 0 Å². The fourth-order valence-corrected chi connectivity index (χ4v) is 4.76. The molecule has 1 aliphatic heterocycles.